The highest BCUT2D eigenvalue weighted by molar-refractivity contribution is 5.79. The molecule has 0 aliphatic heterocycles. The highest BCUT2D eigenvalue weighted by atomic mass is 16.3. The molecule has 1 saturated carbocycles. The molecule has 6 heteroatoms. The Bertz CT molecular complexity index is 385. The quantitative estimate of drug-likeness (QED) is 0.710. The molecule has 1 aromatic heterocycles. The Morgan fingerprint density at radius 1 is 1.59 bits per heavy atom. The first-order chi connectivity index (χ1) is 8.20. The van der Waals surface area contributed by atoms with E-state index in [0.29, 0.717) is 11.6 Å². The van der Waals surface area contributed by atoms with Crippen LogP contribution in [0.4, 0.5) is 0 Å². The van der Waals surface area contributed by atoms with E-state index in [4.69, 9.17) is 0 Å². The molecule has 2 rings (SSSR count). The van der Waals surface area contributed by atoms with Gasteiger partial charge in [-0.3, -0.25) is 9.89 Å². The Hall–Kier alpha value is -1.43. The summed E-state index contributed by atoms with van der Waals surface area (Å²) in [5.41, 5.74) is 0. The standard InChI is InChI=1S/C11H18N4O2/c1-7-12-10(15-14-7)9(6-16)13-11(17)8-4-2-3-5-8/h8-9,16H,2-6H2,1H3,(H,13,17)(H,12,14,15)/t9-/m1/s1. The Morgan fingerprint density at radius 3 is 2.82 bits per heavy atom. The SMILES string of the molecule is Cc1nc([C@@H](CO)NC(=O)C2CCCC2)n[nH]1. The van der Waals surface area contributed by atoms with Gasteiger partial charge in [0.2, 0.25) is 5.91 Å². The summed E-state index contributed by atoms with van der Waals surface area (Å²) >= 11 is 0. The third-order valence-corrected chi connectivity index (χ3v) is 3.15. The van der Waals surface area contributed by atoms with Gasteiger partial charge in [0.05, 0.1) is 6.61 Å². The highest BCUT2D eigenvalue weighted by Gasteiger charge is 2.26. The normalized spacial score (nSPS) is 18.2. The zero-order valence-electron chi connectivity index (χ0n) is 9.94. The number of aromatic nitrogens is 3. The third-order valence-electron chi connectivity index (χ3n) is 3.15. The van der Waals surface area contributed by atoms with E-state index in [1.54, 1.807) is 6.92 Å². The zero-order valence-corrected chi connectivity index (χ0v) is 9.94. The van der Waals surface area contributed by atoms with Gasteiger partial charge in [-0.2, -0.15) is 5.10 Å². The van der Waals surface area contributed by atoms with Gasteiger partial charge in [-0.25, -0.2) is 4.98 Å². The molecule has 3 N–H and O–H groups in total. The Balaban J connectivity index is 1.97. The van der Waals surface area contributed by atoms with Crippen LogP contribution in [-0.4, -0.2) is 32.8 Å². The summed E-state index contributed by atoms with van der Waals surface area (Å²) in [6.45, 7) is 1.60. The molecule has 0 aromatic carbocycles. The maximum absolute atomic E-state index is 11.9. The van der Waals surface area contributed by atoms with Crippen molar-refractivity contribution in [2.24, 2.45) is 5.92 Å². The molecular weight excluding hydrogens is 220 g/mol. The number of carbonyl (C=O) groups excluding carboxylic acids is 1. The van der Waals surface area contributed by atoms with Crippen LogP contribution in [0.1, 0.15) is 43.4 Å². The Morgan fingerprint density at radius 2 is 2.29 bits per heavy atom. The fourth-order valence-corrected chi connectivity index (χ4v) is 2.19. The summed E-state index contributed by atoms with van der Waals surface area (Å²) in [4.78, 5) is 16.0. The Kier molecular flexibility index (Phi) is 3.73. The van der Waals surface area contributed by atoms with Crippen molar-refractivity contribution in [3.05, 3.63) is 11.6 Å². The first-order valence-electron chi connectivity index (χ1n) is 6.01. The number of amides is 1. The number of nitrogens with zero attached hydrogens (tertiary/aromatic N) is 2. The Labute approximate surface area is 99.8 Å². The summed E-state index contributed by atoms with van der Waals surface area (Å²) in [7, 11) is 0. The molecule has 1 aliphatic rings. The lowest BCUT2D eigenvalue weighted by atomic mass is 10.1. The van der Waals surface area contributed by atoms with E-state index in [-0.39, 0.29) is 18.4 Å². The smallest absolute Gasteiger partial charge is 0.223 e. The van der Waals surface area contributed by atoms with Crippen LogP contribution >= 0.6 is 0 Å². The topological polar surface area (TPSA) is 90.9 Å². The fraction of sp³-hybridized carbons (Fsp3) is 0.727. The monoisotopic (exact) mass is 238 g/mol. The van der Waals surface area contributed by atoms with Gasteiger partial charge in [-0.1, -0.05) is 12.8 Å². The third kappa shape index (κ3) is 2.82. The van der Waals surface area contributed by atoms with Gasteiger partial charge in [0.1, 0.15) is 11.9 Å². The van der Waals surface area contributed by atoms with Crippen LogP contribution < -0.4 is 5.32 Å². The van der Waals surface area contributed by atoms with Crippen LogP contribution in [0.5, 0.6) is 0 Å². The number of aryl methyl sites for hydroxylation is 1. The predicted molar refractivity (Wildman–Crippen MR) is 61.0 cm³/mol. The number of carbonyl (C=O) groups is 1. The lowest BCUT2D eigenvalue weighted by Crippen LogP contribution is -2.35. The second-order valence-corrected chi connectivity index (χ2v) is 4.50. The van der Waals surface area contributed by atoms with E-state index >= 15 is 0 Å². The number of hydrogen-bond acceptors (Lipinski definition) is 4. The van der Waals surface area contributed by atoms with E-state index in [0.717, 1.165) is 25.7 Å². The van der Waals surface area contributed by atoms with E-state index in [1.165, 1.54) is 0 Å². The molecule has 6 nitrogen and oxygen atoms in total. The molecule has 0 unspecified atom stereocenters. The molecule has 17 heavy (non-hydrogen) atoms. The van der Waals surface area contributed by atoms with E-state index < -0.39 is 6.04 Å². The van der Waals surface area contributed by atoms with Crippen molar-refractivity contribution in [3.63, 3.8) is 0 Å². The molecule has 1 aromatic rings. The number of H-pyrrole nitrogens is 1. The molecule has 1 heterocycles. The maximum Gasteiger partial charge on any atom is 0.223 e. The molecule has 0 bridgehead atoms. The lowest BCUT2D eigenvalue weighted by Gasteiger charge is -2.16. The second-order valence-electron chi connectivity index (χ2n) is 4.50. The molecule has 0 radical (unpaired) electrons. The van der Waals surface area contributed by atoms with Gasteiger partial charge in [0, 0.05) is 5.92 Å². The highest BCUT2D eigenvalue weighted by Crippen LogP contribution is 2.25. The zero-order chi connectivity index (χ0) is 12.3. The van der Waals surface area contributed by atoms with Gasteiger partial charge in [-0.15, -0.1) is 0 Å². The first-order valence-corrected chi connectivity index (χ1v) is 6.01. The van der Waals surface area contributed by atoms with E-state index in [9.17, 15) is 9.90 Å². The molecule has 1 aliphatic carbocycles. The number of nitrogens with one attached hydrogen (secondary N) is 2. The summed E-state index contributed by atoms with van der Waals surface area (Å²) in [5, 5.41) is 18.7. The maximum atomic E-state index is 11.9. The van der Waals surface area contributed by atoms with Crippen LogP contribution in [0.15, 0.2) is 0 Å². The molecule has 1 atom stereocenters. The number of aromatic amines is 1. The van der Waals surface area contributed by atoms with Gasteiger partial charge in [-0.05, 0) is 19.8 Å². The van der Waals surface area contributed by atoms with Crippen molar-refractivity contribution >= 4 is 5.91 Å². The van der Waals surface area contributed by atoms with Crippen molar-refractivity contribution < 1.29 is 9.90 Å². The van der Waals surface area contributed by atoms with Gasteiger partial charge < -0.3 is 10.4 Å². The summed E-state index contributed by atoms with van der Waals surface area (Å²) < 4.78 is 0. The van der Waals surface area contributed by atoms with Crippen LogP contribution in [-0.2, 0) is 4.79 Å². The summed E-state index contributed by atoms with van der Waals surface area (Å²) in [6, 6.07) is -0.506. The molecule has 94 valence electrons. The minimum atomic E-state index is -0.506. The van der Waals surface area contributed by atoms with Crippen molar-refractivity contribution in [1.29, 1.82) is 0 Å². The van der Waals surface area contributed by atoms with Crippen molar-refractivity contribution in [2.75, 3.05) is 6.61 Å². The second kappa shape index (κ2) is 5.27. The van der Waals surface area contributed by atoms with Crippen molar-refractivity contribution in [3.8, 4) is 0 Å². The predicted octanol–water partition coefficient (Wildman–Crippen LogP) is 0.453. The minimum absolute atomic E-state index is 0.00371. The van der Waals surface area contributed by atoms with Crippen molar-refractivity contribution in [1.82, 2.24) is 20.5 Å². The van der Waals surface area contributed by atoms with Crippen molar-refractivity contribution in [2.45, 2.75) is 38.6 Å². The fourth-order valence-electron chi connectivity index (χ4n) is 2.19. The van der Waals surface area contributed by atoms with Crippen LogP contribution in [0, 0.1) is 12.8 Å². The number of aliphatic hydroxyl groups is 1. The van der Waals surface area contributed by atoms with Crippen LogP contribution in [0.3, 0.4) is 0 Å². The molecule has 1 fully saturated rings. The number of aliphatic hydroxyl groups excluding tert-OH is 1. The van der Waals surface area contributed by atoms with E-state index in [1.807, 2.05) is 0 Å². The average molecular weight is 238 g/mol. The van der Waals surface area contributed by atoms with Gasteiger partial charge in [0.25, 0.3) is 0 Å². The number of rotatable bonds is 4. The largest absolute Gasteiger partial charge is 0.394 e. The van der Waals surface area contributed by atoms with Gasteiger partial charge in [0.15, 0.2) is 5.82 Å². The first kappa shape index (κ1) is 12.0. The average Bonchev–Trinajstić information content (AvgIpc) is 2.96. The lowest BCUT2D eigenvalue weighted by molar-refractivity contribution is -0.126. The molecular formula is C11H18N4O2. The van der Waals surface area contributed by atoms with E-state index in [2.05, 4.69) is 20.5 Å². The van der Waals surface area contributed by atoms with Crippen LogP contribution in [0.2, 0.25) is 0 Å². The summed E-state index contributed by atoms with van der Waals surface area (Å²) in [6.07, 6.45) is 4.11. The molecule has 1 amide bonds. The summed E-state index contributed by atoms with van der Waals surface area (Å²) in [5.74, 6) is 1.21. The number of hydrogen-bond donors (Lipinski definition) is 3. The molecule has 0 saturated heterocycles. The van der Waals surface area contributed by atoms with Gasteiger partial charge >= 0.3 is 0 Å². The molecule has 0 spiro atoms. The van der Waals surface area contributed by atoms with Crippen LogP contribution in [0.25, 0.3) is 0 Å². The minimum Gasteiger partial charge on any atom is -0.394 e.